The van der Waals surface area contributed by atoms with Gasteiger partial charge in [-0.3, -0.25) is 0 Å². The molecule has 1 aromatic carbocycles. The Balaban J connectivity index is 2.49. The summed E-state index contributed by atoms with van der Waals surface area (Å²) in [4.78, 5) is 18.0. The molecule has 0 aliphatic carbocycles. The maximum atomic E-state index is 12.2. The van der Waals surface area contributed by atoms with E-state index in [9.17, 15) is 13.2 Å². The maximum Gasteiger partial charge on any atom is 0.337 e. The van der Waals surface area contributed by atoms with E-state index in [-0.39, 0.29) is 17.2 Å². The van der Waals surface area contributed by atoms with Crippen LogP contribution in [0, 0.1) is 0 Å². The molecular formula is C11H10N4O4S. The second kappa shape index (κ2) is 5.13. The van der Waals surface area contributed by atoms with Gasteiger partial charge in [-0.25, -0.2) is 27.9 Å². The summed E-state index contributed by atoms with van der Waals surface area (Å²) in [5, 5.41) is 9.02. The van der Waals surface area contributed by atoms with Crippen molar-refractivity contribution < 1.29 is 18.3 Å². The predicted octanol–water partition coefficient (Wildman–Crippen LogP) is 0.558. The summed E-state index contributed by atoms with van der Waals surface area (Å²) < 4.78 is 26.4. The molecule has 1 heterocycles. The first-order valence-corrected chi connectivity index (χ1v) is 6.81. The van der Waals surface area contributed by atoms with Crippen molar-refractivity contribution in [1.82, 2.24) is 9.97 Å². The molecule has 2 rings (SSSR count). The van der Waals surface area contributed by atoms with Gasteiger partial charge in [0.15, 0.2) is 0 Å². The number of nitrogens with zero attached hydrogens (tertiary/aromatic N) is 2. The summed E-state index contributed by atoms with van der Waals surface area (Å²) >= 11 is 0. The number of hydrogen-bond acceptors (Lipinski definition) is 6. The third-order valence-electron chi connectivity index (χ3n) is 2.32. The van der Waals surface area contributed by atoms with Crippen molar-refractivity contribution >= 4 is 27.6 Å². The summed E-state index contributed by atoms with van der Waals surface area (Å²) in [5.74, 6) is -1.54. The lowest BCUT2D eigenvalue weighted by molar-refractivity contribution is 0.0692. The van der Waals surface area contributed by atoms with Gasteiger partial charge in [0.25, 0.3) is 10.0 Å². The van der Waals surface area contributed by atoms with Gasteiger partial charge < -0.3 is 10.8 Å². The van der Waals surface area contributed by atoms with Gasteiger partial charge in [0.05, 0.1) is 5.56 Å². The number of nitrogens with one attached hydrogen (secondary N) is 1. The number of aromatic carboxylic acids is 1. The summed E-state index contributed by atoms with van der Waals surface area (Å²) in [6, 6.07) is 5.01. The highest BCUT2D eigenvalue weighted by atomic mass is 32.2. The summed E-state index contributed by atoms with van der Waals surface area (Å²) in [6.45, 7) is 0. The standard InChI is InChI=1S/C11H10N4O4S/c12-7-2-3-8(10(16)17)9(6-7)20(18,19)15-11-13-4-1-5-14-11/h1-6H,12H2,(H,16,17)(H,13,14,15). The molecule has 0 unspecified atom stereocenters. The van der Waals surface area contributed by atoms with Crippen LogP contribution < -0.4 is 10.5 Å². The summed E-state index contributed by atoms with van der Waals surface area (Å²) in [7, 11) is -4.15. The van der Waals surface area contributed by atoms with E-state index in [0.717, 1.165) is 12.1 Å². The average molecular weight is 294 g/mol. The zero-order chi connectivity index (χ0) is 14.8. The normalized spacial score (nSPS) is 11.0. The van der Waals surface area contributed by atoms with Crippen LogP contribution in [-0.4, -0.2) is 29.5 Å². The van der Waals surface area contributed by atoms with Crippen LogP contribution in [0.5, 0.6) is 0 Å². The Morgan fingerprint density at radius 3 is 2.50 bits per heavy atom. The van der Waals surface area contributed by atoms with Gasteiger partial charge >= 0.3 is 5.97 Å². The third-order valence-corrected chi connectivity index (χ3v) is 3.69. The summed E-state index contributed by atoms with van der Waals surface area (Å²) in [5.41, 5.74) is 5.24. The Bertz CT molecular complexity index is 746. The van der Waals surface area contributed by atoms with E-state index in [4.69, 9.17) is 10.8 Å². The molecule has 104 valence electrons. The number of carbonyl (C=O) groups is 1. The minimum atomic E-state index is -4.15. The van der Waals surface area contributed by atoms with Gasteiger partial charge in [-0.2, -0.15) is 0 Å². The molecule has 20 heavy (non-hydrogen) atoms. The number of hydrogen-bond donors (Lipinski definition) is 3. The van der Waals surface area contributed by atoms with Crippen molar-refractivity contribution in [3.63, 3.8) is 0 Å². The molecule has 8 nitrogen and oxygen atoms in total. The van der Waals surface area contributed by atoms with Crippen LogP contribution in [-0.2, 0) is 10.0 Å². The molecule has 0 spiro atoms. The van der Waals surface area contributed by atoms with E-state index in [2.05, 4.69) is 14.7 Å². The van der Waals surface area contributed by atoms with Crippen LogP contribution >= 0.6 is 0 Å². The Hall–Kier alpha value is -2.68. The fourth-order valence-electron chi connectivity index (χ4n) is 1.46. The topological polar surface area (TPSA) is 135 Å². The van der Waals surface area contributed by atoms with Gasteiger partial charge in [-0.05, 0) is 24.3 Å². The highest BCUT2D eigenvalue weighted by molar-refractivity contribution is 7.92. The number of aromatic nitrogens is 2. The predicted molar refractivity (Wildman–Crippen MR) is 70.7 cm³/mol. The first-order valence-electron chi connectivity index (χ1n) is 5.33. The van der Waals surface area contributed by atoms with Crippen LogP contribution in [0.2, 0.25) is 0 Å². The molecule has 0 radical (unpaired) electrons. The average Bonchev–Trinajstić information content (AvgIpc) is 2.39. The lowest BCUT2D eigenvalue weighted by Crippen LogP contribution is -2.18. The lowest BCUT2D eigenvalue weighted by atomic mass is 10.2. The van der Waals surface area contributed by atoms with Crippen LogP contribution in [0.4, 0.5) is 11.6 Å². The van der Waals surface area contributed by atoms with Gasteiger partial charge in [0, 0.05) is 18.1 Å². The van der Waals surface area contributed by atoms with Crippen LogP contribution in [0.15, 0.2) is 41.6 Å². The Morgan fingerprint density at radius 1 is 1.25 bits per heavy atom. The fourth-order valence-corrected chi connectivity index (χ4v) is 2.66. The molecule has 0 atom stereocenters. The van der Waals surface area contributed by atoms with Gasteiger partial charge in [-0.1, -0.05) is 0 Å². The molecule has 0 saturated carbocycles. The zero-order valence-electron chi connectivity index (χ0n) is 10.0. The van der Waals surface area contributed by atoms with Gasteiger partial charge in [0.1, 0.15) is 4.90 Å². The van der Waals surface area contributed by atoms with Crippen LogP contribution in [0.3, 0.4) is 0 Å². The minimum Gasteiger partial charge on any atom is -0.478 e. The van der Waals surface area contributed by atoms with Gasteiger partial charge in [-0.15, -0.1) is 0 Å². The quantitative estimate of drug-likeness (QED) is 0.701. The number of benzene rings is 1. The molecular weight excluding hydrogens is 284 g/mol. The third kappa shape index (κ3) is 2.83. The zero-order valence-corrected chi connectivity index (χ0v) is 10.8. The summed E-state index contributed by atoms with van der Waals surface area (Å²) in [6.07, 6.45) is 2.70. The molecule has 1 aromatic heterocycles. The number of anilines is 2. The Labute approximate surface area is 114 Å². The molecule has 9 heteroatoms. The largest absolute Gasteiger partial charge is 0.478 e. The van der Waals surface area contributed by atoms with E-state index in [0.29, 0.717) is 0 Å². The number of carboxylic acid groups (broad SMARTS) is 1. The lowest BCUT2D eigenvalue weighted by Gasteiger charge is -2.09. The second-order valence-electron chi connectivity index (χ2n) is 3.74. The van der Waals surface area contributed by atoms with Crippen molar-refractivity contribution in [3.8, 4) is 0 Å². The van der Waals surface area contributed by atoms with Crippen molar-refractivity contribution in [2.24, 2.45) is 0 Å². The van der Waals surface area contributed by atoms with Crippen molar-refractivity contribution in [3.05, 3.63) is 42.2 Å². The van der Waals surface area contributed by atoms with E-state index in [1.54, 1.807) is 0 Å². The highest BCUT2D eigenvalue weighted by Gasteiger charge is 2.23. The van der Waals surface area contributed by atoms with Crippen molar-refractivity contribution in [2.45, 2.75) is 4.90 Å². The van der Waals surface area contributed by atoms with Crippen molar-refractivity contribution in [2.75, 3.05) is 10.5 Å². The Kier molecular flexibility index (Phi) is 3.53. The highest BCUT2D eigenvalue weighted by Crippen LogP contribution is 2.21. The number of carboxylic acids is 1. The minimum absolute atomic E-state index is 0.129. The van der Waals surface area contributed by atoms with Crippen LogP contribution in [0.25, 0.3) is 0 Å². The molecule has 2 aromatic rings. The Morgan fingerprint density at radius 2 is 1.90 bits per heavy atom. The van der Waals surface area contributed by atoms with E-state index < -0.39 is 20.9 Å². The van der Waals surface area contributed by atoms with Gasteiger partial charge in [0.2, 0.25) is 5.95 Å². The smallest absolute Gasteiger partial charge is 0.337 e. The molecule has 0 amide bonds. The number of nitrogen functional groups attached to an aromatic ring is 1. The fraction of sp³-hybridized carbons (Fsp3) is 0. The molecule has 0 saturated heterocycles. The molecule has 0 aliphatic heterocycles. The monoisotopic (exact) mass is 294 g/mol. The maximum absolute atomic E-state index is 12.2. The van der Waals surface area contributed by atoms with E-state index in [1.807, 2.05) is 0 Å². The first-order chi connectivity index (χ1) is 9.40. The van der Waals surface area contributed by atoms with Crippen molar-refractivity contribution in [1.29, 1.82) is 0 Å². The number of nitrogens with two attached hydrogens (primary N) is 1. The SMILES string of the molecule is Nc1ccc(C(=O)O)c(S(=O)(=O)Nc2ncccn2)c1. The van der Waals surface area contributed by atoms with E-state index in [1.165, 1.54) is 24.5 Å². The molecule has 0 bridgehead atoms. The second-order valence-corrected chi connectivity index (χ2v) is 5.39. The molecule has 0 aliphatic rings. The van der Waals surface area contributed by atoms with Crippen LogP contribution in [0.1, 0.15) is 10.4 Å². The molecule has 4 N–H and O–H groups in total. The van der Waals surface area contributed by atoms with E-state index >= 15 is 0 Å². The number of rotatable bonds is 4. The number of sulfonamides is 1. The first kappa shape index (κ1) is 13.7. The molecule has 0 fully saturated rings.